The number of aromatic nitrogens is 1. The second-order valence-corrected chi connectivity index (χ2v) is 8.75. The van der Waals surface area contributed by atoms with Crippen LogP contribution in [0.15, 0.2) is 57.7 Å². The van der Waals surface area contributed by atoms with Crippen LogP contribution in [0.3, 0.4) is 0 Å². The van der Waals surface area contributed by atoms with E-state index >= 15 is 0 Å². The Kier molecular flexibility index (Phi) is 6.34. The standard InChI is InChI=1S/C27H23F3N2O4/c1-13-5-8-17(9-6-13)24-21(27(28,29)30)23(33)19-12-14(2)11-18(25(19)36-24)16(4)32-20-10-7-15(3)31-22(20)26(34)35/h5-12,16,32H,1-4H3,(H,34,35). The van der Waals surface area contributed by atoms with Crippen molar-refractivity contribution in [3.05, 3.63) is 92.4 Å². The minimum Gasteiger partial charge on any atom is -0.476 e. The SMILES string of the molecule is Cc1ccc(-c2oc3c(C(C)Nc4ccc(C)nc4C(=O)O)cc(C)cc3c(=O)c2C(F)(F)F)cc1. The summed E-state index contributed by atoms with van der Waals surface area (Å²) in [6, 6.07) is 11.8. The molecule has 0 bridgehead atoms. The van der Waals surface area contributed by atoms with Crippen LogP contribution in [0.4, 0.5) is 18.9 Å². The van der Waals surface area contributed by atoms with E-state index in [9.17, 15) is 27.9 Å². The fourth-order valence-electron chi connectivity index (χ4n) is 4.11. The summed E-state index contributed by atoms with van der Waals surface area (Å²) in [7, 11) is 0. The number of nitrogens with zero attached hydrogens (tertiary/aromatic N) is 1. The van der Waals surface area contributed by atoms with E-state index < -0.39 is 34.9 Å². The first-order valence-electron chi connectivity index (χ1n) is 11.1. The van der Waals surface area contributed by atoms with Gasteiger partial charge < -0.3 is 14.8 Å². The fraction of sp³-hybridized carbons (Fsp3) is 0.222. The Balaban J connectivity index is 1.96. The lowest BCUT2D eigenvalue weighted by molar-refractivity contribution is -0.138. The molecule has 9 heteroatoms. The number of benzene rings is 2. The average molecular weight is 496 g/mol. The van der Waals surface area contributed by atoms with Gasteiger partial charge in [-0.15, -0.1) is 0 Å². The van der Waals surface area contributed by atoms with Gasteiger partial charge in [0.2, 0.25) is 5.43 Å². The predicted molar refractivity (Wildman–Crippen MR) is 130 cm³/mol. The molecule has 0 saturated heterocycles. The third kappa shape index (κ3) is 4.68. The van der Waals surface area contributed by atoms with Gasteiger partial charge in [0.1, 0.15) is 11.1 Å². The zero-order chi connectivity index (χ0) is 26.4. The molecular weight excluding hydrogens is 473 g/mol. The second kappa shape index (κ2) is 9.14. The maximum atomic E-state index is 14.1. The number of aryl methyl sites for hydroxylation is 3. The number of hydrogen-bond donors (Lipinski definition) is 2. The van der Waals surface area contributed by atoms with Crippen LogP contribution in [0.25, 0.3) is 22.3 Å². The summed E-state index contributed by atoms with van der Waals surface area (Å²) >= 11 is 0. The van der Waals surface area contributed by atoms with E-state index in [1.165, 1.54) is 18.2 Å². The van der Waals surface area contributed by atoms with Gasteiger partial charge in [-0.2, -0.15) is 13.2 Å². The summed E-state index contributed by atoms with van der Waals surface area (Å²) in [4.78, 5) is 29.0. The fourth-order valence-corrected chi connectivity index (χ4v) is 4.11. The van der Waals surface area contributed by atoms with Crippen LogP contribution < -0.4 is 10.7 Å². The van der Waals surface area contributed by atoms with Gasteiger partial charge in [-0.3, -0.25) is 4.79 Å². The molecule has 6 nitrogen and oxygen atoms in total. The quantitative estimate of drug-likeness (QED) is 0.321. The molecule has 0 spiro atoms. The molecule has 1 atom stereocenters. The van der Waals surface area contributed by atoms with E-state index in [4.69, 9.17) is 4.42 Å². The summed E-state index contributed by atoms with van der Waals surface area (Å²) in [6.07, 6.45) is -4.94. The summed E-state index contributed by atoms with van der Waals surface area (Å²) in [5.41, 5.74) is -0.0993. The van der Waals surface area contributed by atoms with Crippen LogP contribution in [-0.2, 0) is 6.18 Å². The molecule has 1 unspecified atom stereocenters. The van der Waals surface area contributed by atoms with Crippen LogP contribution in [0.1, 0.15) is 51.4 Å². The molecular formula is C27H23F3N2O4. The van der Waals surface area contributed by atoms with E-state index in [2.05, 4.69) is 10.3 Å². The predicted octanol–water partition coefficient (Wildman–Crippen LogP) is 6.67. The van der Waals surface area contributed by atoms with Crippen molar-refractivity contribution in [2.45, 2.75) is 39.9 Å². The Morgan fingerprint density at radius 1 is 1.03 bits per heavy atom. The van der Waals surface area contributed by atoms with E-state index in [1.807, 2.05) is 0 Å². The van der Waals surface area contributed by atoms with Crippen molar-refractivity contribution >= 4 is 22.6 Å². The Labute approximate surface area is 204 Å². The third-order valence-electron chi connectivity index (χ3n) is 5.84. The molecule has 2 heterocycles. The minimum atomic E-state index is -4.94. The highest BCUT2D eigenvalue weighted by Gasteiger charge is 2.40. The van der Waals surface area contributed by atoms with Gasteiger partial charge in [0.15, 0.2) is 11.5 Å². The van der Waals surface area contributed by atoms with Crippen LogP contribution in [0, 0.1) is 20.8 Å². The maximum Gasteiger partial charge on any atom is 0.423 e. The Morgan fingerprint density at radius 3 is 2.31 bits per heavy atom. The highest BCUT2D eigenvalue weighted by atomic mass is 19.4. The minimum absolute atomic E-state index is 0.00822. The number of carboxylic acid groups (broad SMARTS) is 1. The highest BCUT2D eigenvalue weighted by molar-refractivity contribution is 5.92. The number of pyridine rings is 1. The molecule has 0 amide bonds. The van der Waals surface area contributed by atoms with E-state index in [0.29, 0.717) is 16.8 Å². The van der Waals surface area contributed by atoms with Gasteiger partial charge in [-0.05, 0) is 51.5 Å². The van der Waals surface area contributed by atoms with E-state index in [1.54, 1.807) is 58.0 Å². The molecule has 186 valence electrons. The Bertz CT molecular complexity index is 1540. The second-order valence-electron chi connectivity index (χ2n) is 8.75. The first-order valence-corrected chi connectivity index (χ1v) is 11.1. The van der Waals surface area contributed by atoms with Crippen molar-refractivity contribution in [1.82, 2.24) is 4.98 Å². The van der Waals surface area contributed by atoms with Crippen molar-refractivity contribution in [3.63, 3.8) is 0 Å². The third-order valence-corrected chi connectivity index (χ3v) is 5.84. The van der Waals surface area contributed by atoms with Gasteiger partial charge in [-0.1, -0.05) is 35.9 Å². The van der Waals surface area contributed by atoms with Crippen molar-refractivity contribution in [2.24, 2.45) is 0 Å². The van der Waals surface area contributed by atoms with Gasteiger partial charge in [0, 0.05) is 16.8 Å². The average Bonchev–Trinajstić information content (AvgIpc) is 2.79. The zero-order valence-electron chi connectivity index (χ0n) is 19.9. The molecule has 0 aliphatic carbocycles. The van der Waals surface area contributed by atoms with E-state index in [0.717, 1.165) is 5.56 Å². The van der Waals surface area contributed by atoms with Crippen molar-refractivity contribution in [1.29, 1.82) is 0 Å². The van der Waals surface area contributed by atoms with E-state index in [-0.39, 0.29) is 27.9 Å². The lowest BCUT2D eigenvalue weighted by atomic mass is 9.98. The molecule has 2 aromatic heterocycles. The number of halogens is 3. The van der Waals surface area contributed by atoms with Gasteiger partial charge in [0.25, 0.3) is 0 Å². The number of alkyl halides is 3. The van der Waals surface area contributed by atoms with Crippen LogP contribution in [0.2, 0.25) is 0 Å². The number of nitrogens with one attached hydrogen (secondary N) is 1. The van der Waals surface area contributed by atoms with Gasteiger partial charge in [0.05, 0.1) is 17.1 Å². The molecule has 2 N–H and O–H groups in total. The molecule has 36 heavy (non-hydrogen) atoms. The summed E-state index contributed by atoms with van der Waals surface area (Å²) in [5.74, 6) is -1.80. The first kappa shape index (κ1) is 25.0. The van der Waals surface area contributed by atoms with Crippen molar-refractivity contribution in [2.75, 3.05) is 5.32 Å². The lowest BCUT2D eigenvalue weighted by Crippen LogP contribution is -2.22. The number of anilines is 1. The van der Waals surface area contributed by atoms with Crippen LogP contribution in [0.5, 0.6) is 0 Å². The Morgan fingerprint density at radius 2 is 1.69 bits per heavy atom. The molecule has 4 rings (SSSR count). The highest BCUT2D eigenvalue weighted by Crippen LogP contribution is 2.39. The van der Waals surface area contributed by atoms with Crippen molar-refractivity contribution in [3.8, 4) is 11.3 Å². The zero-order valence-corrected chi connectivity index (χ0v) is 19.9. The number of carboxylic acids is 1. The molecule has 0 aliphatic heterocycles. The number of carbonyl (C=O) groups is 1. The van der Waals surface area contributed by atoms with Gasteiger partial charge >= 0.3 is 12.1 Å². The smallest absolute Gasteiger partial charge is 0.423 e. The number of aromatic carboxylic acids is 1. The number of hydrogen-bond acceptors (Lipinski definition) is 5. The maximum absolute atomic E-state index is 14.1. The molecule has 0 fully saturated rings. The summed E-state index contributed by atoms with van der Waals surface area (Å²) in [6.45, 7) is 6.81. The number of fused-ring (bicyclic) bond motifs is 1. The topological polar surface area (TPSA) is 92.4 Å². The molecule has 0 radical (unpaired) electrons. The first-order chi connectivity index (χ1) is 16.9. The monoisotopic (exact) mass is 496 g/mol. The van der Waals surface area contributed by atoms with Crippen molar-refractivity contribution < 1.29 is 27.5 Å². The summed E-state index contributed by atoms with van der Waals surface area (Å²) < 4.78 is 48.1. The molecule has 4 aromatic rings. The largest absolute Gasteiger partial charge is 0.476 e. The van der Waals surface area contributed by atoms with Gasteiger partial charge in [-0.25, -0.2) is 9.78 Å². The number of rotatable bonds is 5. The van der Waals surface area contributed by atoms with Crippen LogP contribution >= 0.6 is 0 Å². The normalized spacial score (nSPS) is 12.5. The summed E-state index contributed by atoms with van der Waals surface area (Å²) in [5, 5.41) is 12.4. The molecule has 0 aliphatic rings. The van der Waals surface area contributed by atoms with Crippen LogP contribution in [-0.4, -0.2) is 16.1 Å². The Hall–Kier alpha value is -4.14. The molecule has 2 aromatic carbocycles. The lowest BCUT2D eigenvalue weighted by Gasteiger charge is -2.20. The molecule has 0 saturated carbocycles.